The van der Waals surface area contributed by atoms with Crippen molar-refractivity contribution in [1.29, 1.82) is 0 Å². The molecule has 0 aliphatic heterocycles. The van der Waals surface area contributed by atoms with Gasteiger partial charge in [0.05, 0.1) is 45.8 Å². The fraction of sp³-hybridized carbons (Fsp3) is 0.438. The standard InChI is InChI=1S/C48H44ClF10N7O10S2/c1-22-19-46(52,53)40-35(22)39(48(57,58)59)62-64(40)20-34(67)61-33(14-23-12-27(50)18-28(51)13-23)37-30(7-6-29(60-37)10-11-45(2,3)77(4,73)74)31-8-9-32(49)36-38(31)65(21-47(54,55)56)63-41(36)66(78(5,75)76)42(68)24-15-25(43(69)70)17-26(16-24)44(71)72/h6-9,12-13,18,22,24-26,33H,14-17,19-21H2,1-5H3,(H,61,67)(H,69,70)(H,71,72)/t22-,24?,25-,26+,33-/m0/s1. The van der Waals surface area contributed by atoms with Crippen LogP contribution in [0.5, 0.6) is 0 Å². The van der Waals surface area contributed by atoms with Crippen LogP contribution in [-0.4, -0.2) is 98.8 Å². The number of hydrogen-bond acceptors (Lipinski definition) is 11. The highest BCUT2D eigenvalue weighted by molar-refractivity contribution is 7.93. The van der Waals surface area contributed by atoms with E-state index in [0.717, 1.165) is 49.6 Å². The topological polar surface area (TPSA) is 241 Å². The molecule has 30 heteroatoms. The zero-order valence-corrected chi connectivity index (χ0v) is 43.6. The highest BCUT2D eigenvalue weighted by Crippen LogP contribution is 2.52. The lowest BCUT2D eigenvalue weighted by atomic mass is 9.74. The third-order valence-corrected chi connectivity index (χ3v) is 16.5. The Balaban J connectivity index is 1.50. The van der Waals surface area contributed by atoms with Gasteiger partial charge in [0, 0.05) is 41.4 Å². The monoisotopic (exact) mass is 1170 g/mol. The predicted octanol–water partition coefficient (Wildman–Crippen LogP) is 8.18. The van der Waals surface area contributed by atoms with Gasteiger partial charge in [0.15, 0.2) is 21.3 Å². The van der Waals surface area contributed by atoms with Crippen molar-refractivity contribution >= 4 is 71.9 Å². The summed E-state index contributed by atoms with van der Waals surface area (Å²) in [4.78, 5) is 57.4. The number of benzene rings is 2. The molecule has 78 heavy (non-hydrogen) atoms. The number of nitrogens with one attached hydrogen (secondary N) is 1. The summed E-state index contributed by atoms with van der Waals surface area (Å²) in [6.45, 7) is 0.0540. The fourth-order valence-corrected chi connectivity index (χ4v) is 10.9. The van der Waals surface area contributed by atoms with Gasteiger partial charge >= 0.3 is 24.3 Å². The maximum Gasteiger partial charge on any atom is 0.435 e. The van der Waals surface area contributed by atoms with E-state index >= 15 is 8.78 Å². The van der Waals surface area contributed by atoms with E-state index in [1.807, 2.05) is 0 Å². The summed E-state index contributed by atoms with van der Waals surface area (Å²) in [6.07, 6.45) is -12.8. The molecule has 3 aromatic heterocycles. The van der Waals surface area contributed by atoms with Gasteiger partial charge in [-0.15, -0.1) is 0 Å². The number of aromatic nitrogens is 5. The van der Waals surface area contributed by atoms with Crippen molar-refractivity contribution in [3.8, 4) is 23.0 Å². The third kappa shape index (κ3) is 12.2. The largest absolute Gasteiger partial charge is 0.481 e. The SMILES string of the molecule is C[C@H]1CC(F)(F)c2c1c(C(F)(F)F)nn2CC(=O)N[C@@H](Cc1cc(F)cc(F)c1)c1nc(C#CC(C)(C)S(C)(=O)=O)ccc1-c1ccc(Cl)c2c(N(C(=O)C3C[C@@H](C(=O)O)C[C@@H](C(=O)O)C3)S(C)(=O)=O)nn(CC(F)(F)F)c12. The number of carboxylic acid groups (broad SMARTS) is 2. The van der Waals surface area contributed by atoms with Crippen molar-refractivity contribution in [2.45, 2.75) is 101 Å². The number of fused-ring (bicyclic) bond motifs is 2. The van der Waals surface area contributed by atoms with Gasteiger partial charge in [-0.3, -0.25) is 28.5 Å². The smallest absolute Gasteiger partial charge is 0.435 e. The van der Waals surface area contributed by atoms with Gasteiger partial charge < -0.3 is 15.5 Å². The molecule has 5 atom stereocenters. The lowest BCUT2D eigenvalue weighted by Crippen LogP contribution is -2.45. The van der Waals surface area contributed by atoms with Crippen LogP contribution in [0.15, 0.2) is 42.5 Å². The van der Waals surface area contributed by atoms with E-state index < -0.39 is 203 Å². The van der Waals surface area contributed by atoms with Crippen LogP contribution in [-0.2, 0) is 70.6 Å². The Labute approximate surface area is 441 Å². The van der Waals surface area contributed by atoms with E-state index in [4.69, 9.17) is 11.6 Å². The molecular formula is C48H44ClF10N7O10S2. The van der Waals surface area contributed by atoms with Crippen LogP contribution in [0.1, 0.15) is 92.3 Å². The van der Waals surface area contributed by atoms with E-state index in [9.17, 15) is 81.4 Å². The first-order chi connectivity index (χ1) is 35.8. The van der Waals surface area contributed by atoms with Gasteiger partial charge in [0.25, 0.3) is 5.92 Å². The van der Waals surface area contributed by atoms with Crippen molar-refractivity contribution in [2.75, 3.05) is 16.8 Å². The number of carboxylic acids is 2. The highest BCUT2D eigenvalue weighted by Gasteiger charge is 2.53. The van der Waals surface area contributed by atoms with Crippen LogP contribution in [0.4, 0.5) is 49.7 Å². The molecule has 2 aliphatic rings. The Morgan fingerprint density at radius 3 is 1.99 bits per heavy atom. The van der Waals surface area contributed by atoms with E-state index in [1.54, 1.807) is 0 Å². The number of rotatable bonds is 14. The van der Waals surface area contributed by atoms with Crippen LogP contribution in [0.3, 0.4) is 0 Å². The molecule has 1 unspecified atom stereocenters. The molecule has 7 rings (SSSR count). The summed E-state index contributed by atoms with van der Waals surface area (Å²) in [5.74, 6) is -14.4. The molecule has 17 nitrogen and oxygen atoms in total. The van der Waals surface area contributed by atoms with Gasteiger partial charge in [-0.25, -0.2) is 30.6 Å². The molecule has 420 valence electrons. The first kappa shape index (κ1) is 58.9. The average Bonchev–Trinajstić information content (AvgIpc) is 3.94. The molecule has 0 spiro atoms. The minimum atomic E-state index is -5.28. The summed E-state index contributed by atoms with van der Waals surface area (Å²) in [6, 6.07) is 4.34. The first-order valence-corrected chi connectivity index (χ1v) is 27.2. The number of pyridine rings is 1. The number of carbonyl (C=O) groups excluding carboxylic acids is 2. The predicted molar refractivity (Wildman–Crippen MR) is 257 cm³/mol. The number of sulfonamides is 1. The zero-order valence-electron chi connectivity index (χ0n) is 41.2. The third-order valence-electron chi connectivity index (χ3n) is 13.2. The Morgan fingerprint density at radius 1 is 0.872 bits per heavy atom. The van der Waals surface area contributed by atoms with Crippen molar-refractivity contribution in [3.05, 3.63) is 93.0 Å². The molecule has 5 aromatic rings. The maximum atomic E-state index is 15.5. The average molecular weight is 1170 g/mol. The Bertz CT molecular complexity index is 3550. The Kier molecular flexibility index (Phi) is 15.7. The van der Waals surface area contributed by atoms with E-state index in [-0.39, 0.29) is 30.5 Å². The van der Waals surface area contributed by atoms with Gasteiger partial charge in [0.2, 0.25) is 21.8 Å². The van der Waals surface area contributed by atoms with Crippen molar-refractivity contribution < 1.29 is 90.1 Å². The second-order valence-electron chi connectivity index (χ2n) is 19.6. The van der Waals surface area contributed by atoms with Crippen molar-refractivity contribution in [3.63, 3.8) is 0 Å². The lowest BCUT2D eigenvalue weighted by Gasteiger charge is -2.32. The van der Waals surface area contributed by atoms with Crippen molar-refractivity contribution in [2.24, 2.45) is 17.8 Å². The van der Waals surface area contributed by atoms with Gasteiger partial charge in [-0.2, -0.15) is 49.6 Å². The number of sulfone groups is 1. The summed E-state index contributed by atoms with van der Waals surface area (Å²) in [5.41, 5.74) is -6.62. The van der Waals surface area contributed by atoms with Crippen LogP contribution in [0.2, 0.25) is 5.02 Å². The molecular weight excluding hydrogens is 1120 g/mol. The van der Waals surface area contributed by atoms with E-state index in [1.165, 1.54) is 13.8 Å². The van der Waals surface area contributed by atoms with Crippen LogP contribution in [0.25, 0.3) is 22.0 Å². The Morgan fingerprint density at radius 2 is 1.45 bits per heavy atom. The molecule has 2 aromatic carbocycles. The molecule has 2 amide bonds. The number of amides is 2. The molecule has 2 aliphatic carbocycles. The highest BCUT2D eigenvalue weighted by atomic mass is 35.5. The summed E-state index contributed by atoms with van der Waals surface area (Å²) >= 11 is 6.68. The first-order valence-electron chi connectivity index (χ1n) is 23.1. The number of alkyl halides is 8. The molecule has 0 radical (unpaired) electrons. The van der Waals surface area contributed by atoms with Crippen LogP contribution in [0, 0.1) is 41.2 Å². The van der Waals surface area contributed by atoms with Gasteiger partial charge in [0.1, 0.15) is 40.9 Å². The molecule has 0 bridgehead atoms. The van der Waals surface area contributed by atoms with E-state index in [2.05, 4.69) is 32.3 Å². The molecule has 1 fully saturated rings. The molecule has 3 N–H and O–H groups in total. The Hall–Kier alpha value is -6.80. The normalized spacial score (nSPS) is 19.2. The number of aliphatic carboxylic acids is 2. The number of hydrogen-bond donors (Lipinski definition) is 3. The molecule has 3 heterocycles. The fourth-order valence-electron chi connectivity index (χ4n) is 9.56. The number of nitrogens with zero attached hydrogens (tertiary/aromatic N) is 6. The van der Waals surface area contributed by atoms with Crippen molar-refractivity contribution in [1.82, 2.24) is 29.9 Å². The number of halogens is 11. The van der Waals surface area contributed by atoms with Gasteiger partial charge in [-0.1, -0.05) is 30.5 Å². The van der Waals surface area contributed by atoms with E-state index in [0.29, 0.717) is 12.3 Å². The minimum Gasteiger partial charge on any atom is -0.481 e. The number of anilines is 1. The summed E-state index contributed by atoms with van der Waals surface area (Å²) in [5, 5.41) is 28.0. The van der Waals surface area contributed by atoms with Gasteiger partial charge in [-0.05, 0) is 87.3 Å². The zero-order chi connectivity index (χ0) is 58.2. The quantitative estimate of drug-likeness (QED) is 0.0703. The molecule has 0 saturated heterocycles. The van der Waals surface area contributed by atoms with Crippen LogP contribution < -0.4 is 9.62 Å². The second kappa shape index (κ2) is 20.8. The number of carbonyl (C=O) groups is 4. The lowest BCUT2D eigenvalue weighted by molar-refractivity contribution is -0.150. The van der Waals surface area contributed by atoms with Crippen LogP contribution >= 0.6 is 11.6 Å². The minimum absolute atomic E-state index is 0.0465. The maximum absolute atomic E-state index is 15.5. The second-order valence-corrected chi connectivity index (χ2v) is 24.4. The summed E-state index contributed by atoms with van der Waals surface area (Å²) < 4.78 is 199. The summed E-state index contributed by atoms with van der Waals surface area (Å²) in [7, 11) is -9.00. The molecule has 1 saturated carbocycles.